The molecule has 2 atom stereocenters. The quantitative estimate of drug-likeness (QED) is 0.0320. The smallest absolute Gasteiger partial charge is 0.305 e. The van der Waals surface area contributed by atoms with Crippen LogP contribution in [0.15, 0.2) is 48.6 Å². The van der Waals surface area contributed by atoms with Crippen LogP contribution in [0.1, 0.15) is 425 Å². The van der Waals surface area contributed by atoms with Gasteiger partial charge in [-0.1, -0.05) is 377 Å². The van der Waals surface area contributed by atoms with Crippen molar-refractivity contribution in [1.29, 1.82) is 0 Å². The Kier molecular flexibility index (Phi) is 73.4. The molecule has 0 aromatic carbocycles. The summed E-state index contributed by atoms with van der Waals surface area (Å²) in [4.78, 5) is 24.5. The van der Waals surface area contributed by atoms with Gasteiger partial charge in [0.2, 0.25) is 5.91 Å². The summed E-state index contributed by atoms with van der Waals surface area (Å²) in [6.45, 7) is 4.90. The number of allylic oxidation sites excluding steroid dienone is 7. The lowest BCUT2D eigenvalue weighted by molar-refractivity contribution is -0.143. The number of esters is 1. The number of ether oxygens (including phenoxy) is 1. The van der Waals surface area contributed by atoms with E-state index in [-0.39, 0.29) is 18.5 Å². The summed E-state index contributed by atoms with van der Waals surface area (Å²) < 4.78 is 5.47. The second-order valence-corrected chi connectivity index (χ2v) is 26.7. The zero-order valence-electron chi connectivity index (χ0n) is 58.1. The van der Waals surface area contributed by atoms with Crippen molar-refractivity contribution >= 4 is 11.9 Å². The minimum Gasteiger partial charge on any atom is -0.466 e. The largest absolute Gasteiger partial charge is 0.466 e. The van der Waals surface area contributed by atoms with Gasteiger partial charge in [0.15, 0.2) is 0 Å². The molecule has 0 aliphatic heterocycles. The van der Waals surface area contributed by atoms with E-state index in [0.717, 1.165) is 51.4 Å². The molecule has 3 N–H and O–H groups in total. The molecule has 506 valence electrons. The number of aliphatic hydroxyl groups is 2. The molecule has 0 saturated heterocycles. The van der Waals surface area contributed by atoms with E-state index in [4.69, 9.17) is 4.74 Å². The third kappa shape index (κ3) is 70.9. The fourth-order valence-electron chi connectivity index (χ4n) is 12.1. The highest BCUT2D eigenvalue weighted by Gasteiger charge is 2.18. The number of amides is 1. The Labute approximate surface area is 537 Å². The number of hydrogen-bond donors (Lipinski definition) is 3. The van der Waals surface area contributed by atoms with Crippen LogP contribution in [0.25, 0.3) is 0 Å². The van der Waals surface area contributed by atoms with Crippen LogP contribution in [0, 0.1) is 0 Å². The molecule has 0 aliphatic carbocycles. The van der Waals surface area contributed by atoms with E-state index in [2.05, 4.69) is 55.6 Å². The number of unbranched alkanes of at least 4 members (excludes halogenated alkanes) is 56. The number of rotatable bonds is 73. The van der Waals surface area contributed by atoms with E-state index >= 15 is 0 Å². The predicted molar refractivity (Wildman–Crippen MR) is 379 cm³/mol. The lowest BCUT2D eigenvalue weighted by Crippen LogP contribution is -2.45. The Morgan fingerprint density at radius 1 is 0.326 bits per heavy atom. The van der Waals surface area contributed by atoms with Gasteiger partial charge in [0.05, 0.1) is 25.4 Å². The van der Waals surface area contributed by atoms with Gasteiger partial charge in [-0.05, 0) is 83.5 Å². The molecule has 2 unspecified atom stereocenters. The third-order valence-corrected chi connectivity index (χ3v) is 18.1. The molecular formula is C80H151NO5. The lowest BCUT2D eigenvalue weighted by atomic mass is 10.0. The summed E-state index contributed by atoms with van der Waals surface area (Å²) in [5.41, 5.74) is 0. The third-order valence-electron chi connectivity index (χ3n) is 18.1. The summed E-state index contributed by atoms with van der Waals surface area (Å²) in [7, 11) is 0. The average Bonchev–Trinajstić information content (AvgIpc) is 3.61. The predicted octanol–water partition coefficient (Wildman–Crippen LogP) is 25.6. The van der Waals surface area contributed by atoms with Gasteiger partial charge in [0, 0.05) is 12.8 Å². The van der Waals surface area contributed by atoms with E-state index in [0.29, 0.717) is 19.4 Å². The molecule has 0 spiro atoms. The lowest BCUT2D eigenvalue weighted by Gasteiger charge is -2.20. The van der Waals surface area contributed by atoms with Crippen molar-refractivity contribution in [3.05, 3.63) is 48.6 Å². The molecule has 86 heavy (non-hydrogen) atoms. The second kappa shape index (κ2) is 75.3. The van der Waals surface area contributed by atoms with E-state index in [1.54, 1.807) is 6.08 Å². The summed E-state index contributed by atoms with van der Waals surface area (Å²) in [6.07, 6.45) is 99.5. The van der Waals surface area contributed by atoms with Crippen LogP contribution in [0.3, 0.4) is 0 Å². The average molecular weight is 1210 g/mol. The summed E-state index contributed by atoms with van der Waals surface area (Å²) in [6, 6.07) is -0.627. The minimum atomic E-state index is -0.844. The van der Waals surface area contributed by atoms with Gasteiger partial charge in [0.25, 0.3) is 0 Å². The molecule has 6 heteroatoms. The zero-order chi connectivity index (χ0) is 62.0. The van der Waals surface area contributed by atoms with Crippen molar-refractivity contribution in [2.75, 3.05) is 13.2 Å². The highest BCUT2D eigenvalue weighted by atomic mass is 16.5. The van der Waals surface area contributed by atoms with Crippen LogP contribution in [-0.4, -0.2) is 47.4 Å². The van der Waals surface area contributed by atoms with E-state index in [9.17, 15) is 19.8 Å². The topological polar surface area (TPSA) is 95.9 Å². The Bertz CT molecular complexity index is 1440. The number of carbonyl (C=O) groups is 2. The molecule has 0 aliphatic rings. The maximum Gasteiger partial charge on any atom is 0.305 e. The fraction of sp³-hybridized carbons (Fsp3) is 0.875. The molecule has 0 fully saturated rings. The van der Waals surface area contributed by atoms with Crippen molar-refractivity contribution < 1.29 is 24.5 Å². The van der Waals surface area contributed by atoms with Crippen molar-refractivity contribution in [1.82, 2.24) is 5.32 Å². The first-order valence-corrected chi connectivity index (χ1v) is 38.9. The van der Waals surface area contributed by atoms with Crippen LogP contribution in [0.4, 0.5) is 0 Å². The first-order chi connectivity index (χ1) is 42.5. The normalized spacial score (nSPS) is 12.7. The Morgan fingerprint density at radius 2 is 0.593 bits per heavy atom. The molecule has 0 heterocycles. The maximum atomic E-state index is 12.5. The Morgan fingerprint density at radius 3 is 0.930 bits per heavy atom. The molecule has 0 aromatic heterocycles. The highest BCUT2D eigenvalue weighted by Crippen LogP contribution is 2.19. The number of carbonyl (C=O) groups excluding carboxylic acids is 2. The standard InChI is InChI=1S/C80H151NO5/c1-3-5-7-9-11-13-15-16-17-18-19-37-40-43-46-49-53-56-60-64-68-72-78(83)77(76-82)81-79(84)73-69-65-61-57-54-50-47-44-41-38-35-33-31-29-27-25-23-21-20-22-24-26-28-30-32-34-36-39-42-45-48-51-55-59-63-67-71-75-86-80(85)74-70-66-62-58-52-14-12-10-8-6-4-2/h10,12,20,22,26,28,68,72,77-78,82-83H,3-9,11,13-19,21,23-25,27,29-67,69-71,73-76H2,1-2H3,(H,81,84)/b12-10-,22-20-,28-26-,72-68+. The maximum absolute atomic E-state index is 12.5. The molecule has 0 aromatic rings. The van der Waals surface area contributed by atoms with Gasteiger partial charge in [-0.25, -0.2) is 0 Å². The van der Waals surface area contributed by atoms with Crippen LogP contribution in [0.2, 0.25) is 0 Å². The first kappa shape index (κ1) is 83.8. The summed E-state index contributed by atoms with van der Waals surface area (Å²) in [5.74, 6) is -0.0536. The minimum absolute atomic E-state index is 0.00763. The molecule has 0 rings (SSSR count). The fourth-order valence-corrected chi connectivity index (χ4v) is 12.1. The first-order valence-electron chi connectivity index (χ1n) is 38.9. The van der Waals surface area contributed by atoms with E-state index < -0.39 is 12.1 Å². The highest BCUT2D eigenvalue weighted by molar-refractivity contribution is 5.76. The number of nitrogens with one attached hydrogen (secondary N) is 1. The molecular weight excluding hydrogens is 1050 g/mol. The van der Waals surface area contributed by atoms with Crippen LogP contribution in [-0.2, 0) is 14.3 Å². The monoisotopic (exact) mass is 1210 g/mol. The van der Waals surface area contributed by atoms with Gasteiger partial charge in [-0.2, -0.15) is 0 Å². The van der Waals surface area contributed by atoms with Crippen LogP contribution < -0.4 is 5.32 Å². The summed E-state index contributed by atoms with van der Waals surface area (Å²) in [5, 5.41) is 23.3. The molecule has 0 radical (unpaired) electrons. The van der Waals surface area contributed by atoms with Crippen molar-refractivity contribution in [3.63, 3.8) is 0 Å². The van der Waals surface area contributed by atoms with Crippen molar-refractivity contribution in [2.24, 2.45) is 0 Å². The molecule has 0 bridgehead atoms. The summed E-state index contributed by atoms with van der Waals surface area (Å²) >= 11 is 0. The number of aliphatic hydroxyl groups excluding tert-OH is 2. The van der Waals surface area contributed by atoms with Crippen molar-refractivity contribution in [3.8, 4) is 0 Å². The Hall–Kier alpha value is -2.18. The second-order valence-electron chi connectivity index (χ2n) is 26.7. The number of hydrogen-bond acceptors (Lipinski definition) is 5. The van der Waals surface area contributed by atoms with Crippen molar-refractivity contribution in [2.45, 2.75) is 437 Å². The van der Waals surface area contributed by atoms with Crippen LogP contribution >= 0.6 is 0 Å². The van der Waals surface area contributed by atoms with Gasteiger partial charge < -0.3 is 20.3 Å². The van der Waals surface area contributed by atoms with Gasteiger partial charge >= 0.3 is 5.97 Å². The Balaban J connectivity index is 3.39. The SMILES string of the molecule is CCCC/C=C\CCCCCCCC(=O)OCCCCCCCCCCCCCCC/C=C\C/C=C\CCCCCCCCCCCCCCCCCCCC(=O)NC(CO)C(O)/C=C/CCCCCCCCCCCCCCCCCCCCC. The van der Waals surface area contributed by atoms with Gasteiger partial charge in [-0.15, -0.1) is 0 Å². The van der Waals surface area contributed by atoms with Gasteiger partial charge in [-0.3, -0.25) is 9.59 Å². The molecule has 0 saturated carbocycles. The van der Waals surface area contributed by atoms with E-state index in [1.807, 2.05) is 6.08 Å². The molecule has 6 nitrogen and oxygen atoms in total. The molecule has 1 amide bonds. The van der Waals surface area contributed by atoms with Gasteiger partial charge in [0.1, 0.15) is 0 Å². The van der Waals surface area contributed by atoms with Crippen LogP contribution in [0.5, 0.6) is 0 Å². The zero-order valence-corrected chi connectivity index (χ0v) is 58.1. The van der Waals surface area contributed by atoms with E-state index in [1.165, 1.54) is 347 Å².